The predicted octanol–water partition coefficient (Wildman–Crippen LogP) is 5.72. The number of benzene rings is 2. The number of aryl methyl sites for hydroxylation is 1. The molecule has 2 rings (SSSR count). The summed E-state index contributed by atoms with van der Waals surface area (Å²) < 4.78 is 12.0. The van der Waals surface area contributed by atoms with E-state index in [-0.39, 0.29) is 6.10 Å². The summed E-state index contributed by atoms with van der Waals surface area (Å²) in [7, 11) is 0. The summed E-state index contributed by atoms with van der Waals surface area (Å²) in [6.45, 7) is 7.03. The van der Waals surface area contributed by atoms with E-state index in [0.717, 1.165) is 48.1 Å². The maximum absolute atomic E-state index is 6.13. The molecule has 0 bridgehead atoms. The highest BCUT2D eigenvalue weighted by atomic mass is 35.5. The Morgan fingerprint density at radius 2 is 1.86 bits per heavy atom. The second-order valence-corrected chi connectivity index (χ2v) is 6.10. The summed E-state index contributed by atoms with van der Waals surface area (Å²) in [5.74, 6) is 2.53. The van der Waals surface area contributed by atoms with Gasteiger partial charge in [-0.3, -0.25) is 0 Å². The van der Waals surface area contributed by atoms with E-state index < -0.39 is 0 Å². The van der Waals surface area contributed by atoms with Gasteiger partial charge in [-0.05, 0) is 51.3 Å². The Hall–Kier alpha value is -1.41. The van der Waals surface area contributed by atoms with Crippen LogP contribution in [0.3, 0.4) is 0 Å². The number of hydrogen-bond acceptors (Lipinski definition) is 2. The Morgan fingerprint density at radius 3 is 2.59 bits per heavy atom. The van der Waals surface area contributed by atoms with Gasteiger partial charge in [-0.25, -0.2) is 0 Å². The van der Waals surface area contributed by atoms with E-state index in [0.29, 0.717) is 5.88 Å². The molecule has 0 saturated heterocycles. The Bertz CT molecular complexity index is 610. The summed E-state index contributed by atoms with van der Waals surface area (Å²) in [6.07, 6.45) is 3.09. The van der Waals surface area contributed by atoms with Crippen LogP contribution in [0.5, 0.6) is 11.5 Å². The molecule has 120 valence electrons. The summed E-state index contributed by atoms with van der Waals surface area (Å²) in [5.41, 5.74) is 1.22. The molecule has 0 radical (unpaired) electrons. The summed E-state index contributed by atoms with van der Waals surface area (Å²) in [6, 6.07) is 10.4. The average molecular weight is 321 g/mol. The Morgan fingerprint density at radius 1 is 1.09 bits per heavy atom. The van der Waals surface area contributed by atoms with Crippen molar-refractivity contribution in [2.24, 2.45) is 0 Å². The van der Waals surface area contributed by atoms with E-state index in [2.05, 4.69) is 39.0 Å². The van der Waals surface area contributed by atoms with Crippen molar-refractivity contribution in [3.8, 4) is 11.5 Å². The van der Waals surface area contributed by atoms with Gasteiger partial charge in [0.05, 0.1) is 12.7 Å². The zero-order valence-corrected chi connectivity index (χ0v) is 14.5. The first-order valence-corrected chi connectivity index (χ1v) is 8.58. The summed E-state index contributed by atoms with van der Waals surface area (Å²) in [5, 5.41) is 2.23. The van der Waals surface area contributed by atoms with Gasteiger partial charge < -0.3 is 9.47 Å². The van der Waals surface area contributed by atoms with Crippen molar-refractivity contribution in [3.05, 3.63) is 35.9 Å². The third-order valence-electron chi connectivity index (χ3n) is 3.63. The van der Waals surface area contributed by atoms with Gasteiger partial charge in [0.2, 0.25) is 0 Å². The normalized spacial score (nSPS) is 12.4. The van der Waals surface area contributed by atoms with E-state index in [1.807, 2.05) is 12.1 Å². The average Bonchev–Trinajstić information content (AvgIpc) is 2.52. The van der Waals surface area contributed by atoms with E-state index in [1.54, 1.807) is 0 Å². The first-order valence-electron chi connectivity index (χ1n) is 8.04. The lowest BCUT2D eigenvalue weighted by molar-refractivity contribution is 0.212. The van der Waals surface area contributed by atoms with Crippen LogP contribution in [0.15, 0.2) is 30.3 Å². The molecule has 0 fully saturated rings. The molecule has 0 aliphatic carbocycles. The number of fused-ring (bicyclic) bond motifs is 1. The molecule has 1 atom stereocenters. The van der Waals surface area contributed by atoms with Gasteiger partial charge in [-0.1, -0.05) is 24.6 Å². The third-order valence-corrected chi connectivity index (χ3v) is 3.89. The topological polar surface area (TPSA) is 18.5 Å². The van der Waals surface area contributed by atoms with Crippen molar-refractivity contribution in [2.75, 3.05) is 12.5 Å². The Balaban J connectivity index is 2.32. The van der Waals surface area contributed by atoms with E-state index in [4.69, 9.17) is 21.1 Å². The molecular formula is C19H25ClO2. The lowest BCUT2D eigenvalue weighted by Crippen LogP contribution is -2.12. The van der Waals surface area contributed by atoms with Gasteiger partial charge in [-0.2, -0.15) is 0 Å². The maximum Gasteiger partial charge on any atom is 0.127 e. The minimum absolute atomic E-state index is 0.157. The SMILES string of the molecule is CCCOc1ccc(OC(C)CCCCl)c2cc(C)ccc12. The summed E-state index contributed by atoms with van der Waals surface area (Å²) in [4.78, 5) is 0. The number of hydrogen-bond donors (Lipinski definition) is 0. The standard InChI is InChI=1S/C19H25ClO2/c1-4-12-21-18-9-10-19(22-15(3)6-5-11-20)17-13-14(2)7-8-16(17)18/h7-10,13,15H,4-6,11-12H2,1-3H3. The number of ether oxygens (including phenoxy) is 2. The minimum atomic E-state index is 0.157. The molecule has 3 heteroatoms. The fourth-order valence-electron chi connectivity index (χ4n) is 2.49. The van der Waals surface area contributed by atoms with Crippen LogP contribution in [-0.2, 0) is 0 Å². The van der Waals surface area contributed by atoms with Gasteiger partial charge in [0, 0.05) is 16.7 Å². The van der Waals surface area contributed by atoms with Crippen molar-refractivity contribution in [1.82, 2.24) is 0 Å². The second-order valence-electron chi connectivity index (χ2n) is 5.72. The van der Waals surface area contributed by atoms with Crippen LogP contribution in [0, 0.1) is 6.92 Å². The van der Waals surface area contributed by atoms with Crippen molar-refractivity contribution in [3.63, 3.8) is 0 Å². The van der Waals surface area contributed by atoms with E-state index >= 15 is 0 Å². The highest BCUT2D eigenvalue weighted by Crippen LogP contribution is 2.34. The molecule has 1 unspecified atom stereocenters. The molecule has 2 aromatic carbocycles. The van der Waals surface area contributed by atoms with Crippen LogP contribution in [0.4, 0.5) is 0 Å². The van der Waals surface area contributed by atoms with Crippen molar-refractivity contribution >= 4 is 22.4 Å². The van der Waals surface area contributed by atoms with Gasteiger partial charge in [-0.15, -0.1) is 11.6 Å². The van der Waals surface area contributed by atoms with Gasteiger partial charge in [0.15, 0.2) is 0 Å². The second kappa shape index (κ2) is 8.28. The fourth-order valence-corrected chi connectivity index (χ4v) is 2.64. The van der Waals surface area contributed by atoms with Crippen LogP contribution in [0.25, 0.3) is 10.8 Å². The van der Waals surface area contributed by atoms with Crippen molar-refractivity contribution < 1.29 is 9.47 Å². The third kappa shape index (κ3) is 4.30. The summed E-state index contributed by atoms with van der Waals surface area (Å²) >= 11 is 5.76. The predicted molar refractivity (Wildman–Crippen MR) is 94.5 cm³/mol. The van der Waals surface area contributed by atoms with Crippen LogP contribution in [0.1, 0.15) is 38.7 Å². The van der Waals surface area contributed by atoms with Crippen LogP contribution in [-0.4, -0.2) is 18.6 Å². The largest absolute Gasteiger partial charge is 0.493 e. The van der Waals surface area contributed by atoms with E-state index in [1.165, 1.54) is 5.56 Å². The van der Waals surface area contributed by atoms with Crippen LogP contribution >= 0.6 is 11.6 Å². The highest BCUT2D eigenvalue weighted by molar-refractivity contribution is 6.17. The molecule has 2 nitrogen and oxygen atoms in total. The molecule has 0 spiro atoms. The number of alkyl halides is 1. The van der Waals surface area contributed by atoms with Gasteiger partial charge >= 0.3 is 0 Å². The van der Waals surface area contributed by atoms with Crippen molar-refractivity contribution in [1.29, 1.82) is 0 Å². The molecule has 0 saturated carbocycles. The quantitative estimate of drug-likeness (QED) is 0.579. The monoisotopic (exact) mass is 320 g/mol. The van der Waals surface area contributed by atoms with Gasteiger partial charge in [0.1, 0.15) is 11.5 Å². The zero-order valence-electron chi connectivity index (χ0n) is 13.7. The lowest BCUT2D eigenvalue weighted by Gasteiger charge is -2.18. The maximum atomic E-state index is 6.13. The fraction of sp³-hybridized carbons (Fsp3) is 0.474. The molecule has 0 amide bonds. The Kier molecular flexibility index (Phi) is 6.38. The molecule has 2 aromatic rings. The molecule has 22 heavy (non-hydrogen) atoms. The van der Waals surface area contributed by atoms with Crippen molar-refractivity contribution in [2.45, 2.75) is 46.1 Å². The lowest BCUT2D eigenvalue weighted by atomic mass is 10.1. The molecule has 0 aliphatic heterocycles. The first kappa shape index (κ1) is 17.0. The number of halogens is 1. The highest BCUT2D eigenvalue weighted by Gasteiger charge is 2.11. The molecule has 0 aromatic heterocycles. The molecule has 0 aliphatic rings. The molecule has 0 heterocycles. The minimum Gasteiger partial charge on any atom is -0.493 e. The van der Waals surface area contributed by atoms with E-state index in [9.17, 15) is 0 Å². The number of rotatable bonds is 8. The zero-order chi connectivity index (χ0) is 15.9. The smallest absolute Gasteiger partial charge is 0.127 e. The molecule has 0 N–H and O–H groups in total. The van der Waals surface area contributed by atoms with Crippen LogP contribution in [0.2, 0.25) is 0 Å². The molecular weight excluding hydrogens is 296 g/mol. The van der Waals surface area contributed by atoms with Crippen LogP contribution < -0.4 is 9.47 Å². The van der Waals surface area contributed by atoms with Gasteiger partial charge in [0.25, 0.3) is 0 Å². The Labute approximate surface area is 138 Å². The first-order chi connectivity index (χ1) is 10.7.